The SMILES string of the molecule is NNc1nc(-c2ccc(Br)cc2Cl)cs1. The molecule has 3 N–H and O–H groups in total. The summed E-state index contributed by atoms with van der Waals surface area (Å²) in [6, 6.07) is 5.68. The smallest absolute Gasteiger partial charge is 0.197 e. The zero-order chi connectivity index (χ0) is 10.8. The lowest BCUT2D eigenvalue weighted by molar-refractivity contribution is 1.29. The highest BCUT2D eigenvalue weighted by molar-refractivity contribution is 9.10. The molecule has 0 saturated carbocycles. The third-order valence-corrected chi connectivity index (χ3v) is 3.41. The first-order valence-corrected chi connectivity index (χ1v) is 6.13. The number of hydrogen-bond acceptors (Lipinski definition) is 4. The fourth-order valence-corrected chi connectivity index (χ4v) is 2.55. The fourth-order valence-electron chi connectivity index (χ4n) is 1.16. The van der Waals surface area contributed by atoms with Crippen LogP contribution in [0.25, 0.3) is 11.3 Å². The van der Waals surface area contributed by atoms with Gasteiger partial charge in [-0.25, -0.2) is 10.8 Å². The average Bonchev–Trinajstić information content (AvgIpc) is 2.66. The number of hydrazine groups is 1. The van der Waals surface area contributed by atoms with Crippen molar-refractivity contribution >= 4 is 44.0 Å². The van der Waals surface area contributed by atoms with Gasteiger partial charge in [0.15, 0.2) is 5.13 Å². The molecule has 0 atom stereocenters. The molecule has 0 aliphatic rings. The lowest BCUT2D eigenvalue weighted by Gasteiger charge is -2.00. The summed E-state index contributed by atoms with van der Waals surface area (Å²) >= 11 is 10.9. The van der Waals surface area contributed by atoms with Crippen LogP contribution >= 0.6 is 38.9 Å². The van der Waals surface area contributed by atoms with Gasteiger partial charge in [0, 0.05) is 15.4 Å². The van der Waals surface area contributed by atoms with Gasteiger partial charge in [-0.05, 0) is 12.1 Å². The van der Waals surface area contributed by atoms with Crippen LogP contribution in [0.5, 0.6) is 0 Å². The highest BCUT2D eigenvalue weighted by atomic mass is 79.9. The number of thiazole rings is 1. The van der Waals surface area contributed by atoms with Crippen molar-refractivity contribution in [3.05, 3.63) is 33.1 Å². The Balaban J connectivity index is 2.44. The molecule has 0 radical (unpaired) electrons. The standard InChI is InChI=1S/C9H7BrClN3S/c10-5-1-2-6(7(11)3-5)8-4-15-9(13-8)14-12/h1-4H,12H2,(H,13,14). The van der Waals surface area contributed by atoms with E-state index in [-0.39, 0.29) is 0 Å². The number of benzene rings is 1. The molecule has 1 aromatic carbocycles. The lowest BCUT2D eigenvalue weighted by Crippen LogP contribution is -2.05. The molecular formula is C9H7BrClN3S. The van der Waals surface area contributed by atoms with Crippen LogP contribution in [0.3, 0.4) is 0 Å². The molecule has 0 spiro atoms. The van der Waals surface area contributed by atoms with Gasteiger partial charge in [-0.3, -0.25) is 5.43 Å². The summed E-state index contributed by atoms with van der Waals surface area (Å²) in [6.07, 6.45) is 0. The van der Waals surface area contributed by atoms with Crippen LogP contribution in [-0.4, -0.2) is 4.98 Å². The normalized spacial score (nSPS) is 10.3. The van der Waals surface area contributed by atoms with Crippen LogP contribution < -0.4 is 11.3 Å². The Morgan fingerprint density at radius 1 is 1.47 bits per heavy atom. The quantitative estimate of drug-likeness (QED) is 0.659. The van der Waals surface area contributed by atoms with Gasteiger partial charge in [0.25, 0.3) is 0 Å². The van der Waals surface area contributed by atoms with E-state index in [1.165, 1.54) is 11.3 Å². The van der Waals surface area contributed by atoms with E-state index in [1.807, 2.05) is 23.6 Å². The van der Waals surface area contributed by atoms with Crippen molar-refractivity contribution in [1.29, 1.82) is 0 Å². The highest BCUT2D eigenvalue weighted by Crippen LogP contribution is 2.32. The minimum Gasteiger partial charge on any atom is -0.300 e. The minimum absolute atomic E-state index is 0.665. The molecule has 0 saturated heterocycles. The van der Waals surface area contributed by atoms with Crippen molar-refractivity contribution in [2.45, 2.75) is 0 Å². The van der Waals surface area contributed by atoms with Crippen LogP contribution in [0, 0.1) is 0 Å². The molecular weight excluding hydrogens is 298 g/mol. The molecule has 0 aliphatic heterocycles. The monoisotopic (exact) mass is 303 g/mol. The summed E-state index contributed by atoms with van der Waals surface area (Å²) < 4.78 is 0.948. The summed E-state index contributed by atoms with van der Waals surface area (Å²) in [6.45, 7) is 0. The average molecular weight is 305 g/mol. The van der Waals surface area contributed by atoms with Crippen molar-refractivity contribution in [2.24, 2.45) is 5.84 Å². The zero-order valence-corrected chi connectivity index (χ0v) is 10.7. The molecule has 1 aromatic heterocycles. The Labute approximate surface area is 104 Å². The van der Waals surface area contributed by atoms with Crippen molar-refractivity contribution in [1.82, 2.24) is 4.98 Å². The molecule has 0 bridgehead atoms. The summed E-state index contributed by atoms with van der Waals surface area (Å²) in [4.78, 5) is 4.27. The number of anilines is 1. The Morgan fingerprint density at radius 2 is 2.27 bits per heavy atom. The van der Waals surface area contributed by atoms with Gasteiger partial charge in [0.05, 0.1) is 10.7 Å². The first-order chi connectivity index (χ1) is 7.20. The van der Waals surface area contributed by atoms with Crippen LogP contribution in [0.4, 0.5) is 5.13 Å². The third-order valence-electron chi connectivity index (χ3n) is 1.83. The number of aromatic nitrogens is 1. The van der Waals surface area contributed by atoms with Crippen LogP contribution in [0.1, 0.15) is 0 Å². The topological polar surface area (TPSA) is 50.9 Å². The van der Waals surface area contributed by atoms with Gasteiger partial charge in [-0.2, -0.15) is 0 Å². The zero-order valence-electron chi connectivity index (χ0n) is 7.50. The molecule has 3 nitrogen and oxygen atoms in total. The van der Waals surface area contributed by atoms with Crippen LogP contribution in [0.15, 0.2) is 28.1 Å². The van der Waals surface area contributed by atoms with E-state index in [1.54, 1.807) is 0 Å². The summed E-state index contributed by atoms with van der Waals surface area (Å²) in [5, 5.41) is 3.24. The molecule has 15 heavy (non-hydrogen) atoms. The Kier molecular flexibility index (Phi) is 3.25. The molecule has 2 aromatic rings. The Morgan fingerprint density at radius 3 is 2.87 bits per heavy atom. The maximum atomic E-state index is 6.10. The number of hydrogen-bond donors (Lipinski definition) is 2. The molecule has 78 valence electrons. The second kappa shape index (κ2) is 4.49. The first kappa shape index (κ1) is 10.9. The molecule has 0 amide bonds. The maximum Gasteiger partial charge on any atom is 0.197 e. The summed E-state index contributed by atoms with van der Waals surface area (Å²) in [7, 11) is 0. The molecule has 2 rings (SSSR count). The second-order valence-corrected chi connectivity index (χ2v) is 4.99. The van der Waals surface area contributed by atoms with E-state index in [2.05, 4.69) is 26.3 Å². The van der Waals surface area contributed by atoms with Gasteiger partial charge in [-0.15, -0.1) is 11.3 Å². The largest absolute Gasteiger partial charge is 0.300 e. The summed E-state index contributed by atoms with van der Waals surface area (Å²) in [5.74, 6) is 5.26. The molecule has 0 fully saturated rings. The van der Waals surface area contributed by atoms with Gasteiger partial charge >= 0.3 is 0 Å². The second-order valence-electron chi connectivity index (χ2n) is 2.81. The van der Waals surface area contributed by atoms with E-state index in [4.69, 9.17) is 17.4 Å². The van der Waals surface area contributed by atoms with E-state index in [9.17, 15) is 0 Å². The number of nitrogens with zero attached hydrogens (tertiary/aromatic N) is 1. The Bertz CT molecular complexity index is 486. The van der Waals surface area contributed by atoms with Crippen molar-refractivity contribution in [3.8, 4) is 11.3 Å². The van der Waals surface area contributed by atoms with Crippen LogP contribution in [-0.2, 0) is 0 Å². The predicted octanol–water partition coefficient (Wildman–Crippen LogP) is 3.51. The van der Waals surface area contributed by atoms with E-state index in [0.717, 1.165) is 15.7 Å². The third kappa shape index (κ3) is 2.31. The van der Waals surface area contributed by atoms with Gasteiger partial charge in [-0.1, -0.05) is 33.6 Å². The Hall–Kier alpha value is -0.620. The van der Waals surface area contributed by atoms with E-state index < -0.39 is 0 Å². The lowest BCUT2D eigenvalue weighted by atomic mass is 10.2. The van der Waals surface area contributed by atoms with Gasteiger partial charge in [0.1, 0.15) is 0 Å². The number of nitrogen functional groups attached to an aromatic ring is 1. The van der Waals surface area contributed by atoms with Crippen molar-refractivity contribution in [2.75, 3.05) is 5.43 Å². The molecule has 1 heterocycles. The van der Waals surface area contributed by atoms with Crippen molar-refractivity contribution < 1.29 is 0 Å². The molecule has 6 heteroatoms. The molecule has 0 aliphatic carbocycles. The maximum absolute atomic E-state index is 6.10. The number of halogens is 2. The van der Waals surface area contributed by atoms with E-state index in [0.29, 0.717) is 10.2 Å². The number of rotatable bonds is 2. The first-order valence-electron chi connectivity index (χ1n) is 4.08. The van der Waals surface area contributed by atoms with E-state index >= 15 is 0 Å². The molecule has 0 unspecified atom stereocenters. The predicted molar refractivity (Wildman–Crippen MR) is 68.1 cm³/mol. The fraction of sp³-hybridized carbons (Fsp3) is 0. The van der Waals surface area contributed by atoms with Gasteiger partial charge in [0.2, 0.25) is 0 Å². The number of nitrogens with one attached hydrogen (secondary N) is 1. The summed E-state index contributed by atoms with van der Waals surface area (Å²) in [5.41, 5.74) is 4.23. The van der Waals surface area contributed by atoms with Crippen molar-refractivity contribution in [3.63, 3.8) is 0 Å². The van der Waals surface area contributed by atoms with Crippen LogP contribution in [0.2, 0.25) is 5.02 Å². The van der Waals surface area contributed by atoms with Gasteiger partial charge < -0.3 is 0 Å². The minimum atomic E-state index is 0.665. The highest BCUT2D eigenvalue weighted by Gasteiger charge is 2.07. The number of nitrogens with two attached hydrogens (primary N) is 1.